The van der Waals surface area contributed by atoms with Crippen LogP contribution in [0.3, 0.4) is 0 Å². The molecular formula is C26H27Cl2N3O3S. The molecule has 0 radical (unpaired) electrons. The van der Waals surface area contributed by atoms with Gasteiger partial charge in [-0.15, -0.1) is 11.3 Å². The monoisotopic (exact) mass is 531 g/mol. The maximum atomic E-state index is 12.9. The van der Waals surface area contributed by atoms with Gasteiger partial charge in [0.2, 0.25) is 0 Å². The molecule has 1 aromatic heterocycles. The zero-order valence-corrected chi connectivity index (χ0v) is 21.7. The van der Waals surface area contributed by atoms with Crippen molar-refractivity contribution in [3.8, 4) is 11.3 Å². The second kappa shape index (κ2) is 11.4. The normalized spacial score (nSPS) is 15.4. The van der Waals surface area contributed by atoms with E-state index in [0.29, 0.717) is 41.5 Å². The van der Waals surface area contributed by atoms with E-state index < -0.39 is 12.0 Å². The number of carbonyl (C=O) groups excluding carboxylic acids is 1. The first-order chi connectivity index (χ1) is 16.9. The number of anilines is 1. The minimum Gasteiger partial charge on any atom is -0.480 e. The minimum atomic E-state index is -0.942. The zero-order valence-electron chi connectivity index (χ0n) is 19.4. The summed E-state index contributed by atoms with van der Waals surface area (Å²) in [4.78, 5) is 32.9. The highest BCUT2D eigenvalue weighted by molar-refractivity contribution is 7.14. The number of aromatic nitrogens is 1. The molecule has 1 fully saturated rings. The highest BCUT2D eigenvalue weighted by Gasteiger charge is 2.34. The summed E-state index contributed by atoms with van der Waals surface area (Å²) in [5.74, 6) is -1.17. The Hall–Kier alpha value is -2.61. The van der Waals surface area contributed by atoms with Gasteiger partial charge >= 0.3 is 5.97 Å². The largest absolute Gasteiger partial charge is 0.480 e. The van der Waals surface area contributed by atoms with Gasteiger partial charge in [-0.2, -0.15) is 0 Å². The lowest BCUT2D eigenvalue weighted by atomic mass is 10.1. The van der Waals surface area contributed by atoms with Crippen LogP contribution >= 0.6 is 34.5 Å². The van der Waals surface area contributed by atoms with Crippen molar-refractivity contribution in [3.63, 3.8) is 0 Å². The summed E-state index contributed by atoms with van der Waals surface area (Å²) in [6, 6.07) is 12.2. The molecule has 9 heteroatoms. The topological polar surface area (TPSA) is 73.7 Å². The van der Waals surface area contributed by atoms with Crippen LogP contribution in [-0.2, 0) is 11.3 Å². The Morgan fingerprint density at radius 3 is 2.63 bits per heavy atom. The van der Waals surface area contributed by atoms with Gasteiger partial charge in [-0.1, -0.05) is 54.7 Å². The molecule has 0 saturated carbocycles. The minimum absolute atomic E-state index is 0.226. The molecule has 2 aromatic carbocycles. The molecular weight excluding hydrogens is 505 g/mol. The van der Waals surface area contributed by atoms with Crippen molar-refractivity contribution in [2.75, 3.05) is 18.0 Å². The number of carboxylic acid groups (broad SMARTS) is 1. The number of unbranched alkanes of at least 4 members (excludes halogenated alkanes) is 1. The second-order valence-corrected chi connectivity index (χ2v) is 10.3. The van der Waals surface area contributed by atoms with Crippen LogP contribution in [0.25, 0.3) is 11.3 Å². The van der Waals surface area contributed by atoms with Crippen LogP contribution < -0.4 is 4.90 Å². The predicted molar refractivity (Wildman–Crippen MR) is 142 cm³/mol. The summed E-state index contributed by atoms with van der Waals surface area (Å²) in [6.07, 6.45) is 3.31. The number of aliphatic carboxylic acids is 1. The number of benzene rings is 2. The average molecular weight is 532 g/mol. The number of hydrogen-bond donors (Lipinski definition) is 1. The molecule has 1 N–H and O–H groups in total. The van der Waals surface area contributed by atoms with Crippen LogP contribution in [-0.4, -0.2) is 46.0 Å². The lowest BCUT2D eigenvalue weighted by Crippen LogP contribution is -2.40. The highest BCUT2D eigenvalue weighted by Crippen LogP contribution is 2.32. The highest BCUT2D eigenvalue weighted by atomic mass is 35.5. The molecule has 1 aliphatic rings. The van der Waals surface area contributed by atoms with Gasteiger partial charge in [0, 0.05) is 36.1 Å². The van der Waals surface area contributed by atoms with E-state index in [2.05, 4.69) is 11.8 Å². The third-order valence-corrected chi connectivity index (χ3v) is 7.77. The lowest BCUT2D eigenvalue weighted by Gasteiger charge is -2.23. The fourth-order valence-electron chi connectivity index (χ4n) is 4.19. The van der Waals surface area contributed by atoms with Crippen molar-refractivity contribution >= 4 is 51.5 Å². The number of rotatable bonds is 9. The molecule has 2 heterocycles. The van der Waals surface area contributed by atoms with Crippen LogP contribution in [0.5, 0.6) is 0 Å². The first-order valence-electron chi connectivity index (χ1n) is 11.7. The third kappa shape index (κ3) is 5.97. The number of likely N-dealkylation sites (tertiary alicyclic amines) is 1. The molecule has 1 saturated heterocycles. The van der Waals surface area contributed by atoms with E-state index in [9.17, 15) is 14.7 Å². The number of thiazole rings is 1. The number of halogens is 2. The van der Waals surface area contributed by atoms with Gasteiger partial charge in [-0.25, -0.2) is 9.78 Å². The summed E-state index contributed by atoms with van der Waals surface area (Å²) in [6.45, 7) is 4.15. The van der Waals surface area contributed by atoms with Crippen LogP contribution in [0.4, 0.5) is 5.13 Å². The van der Waals surface area contributed by atoms with E-state index in [0.717, 1.165) is 41.3 Å². The Morgan fingerprint density at radius 2 is 1.94 bits per heavy atom. The van der Waals surface area contributed by atoms with Crippen molar-refractivity contribution in [1.29, 1.82) is 0 Å². The Bertz CT molecular complexity index is 1200. The first-order valence-corrected chi connectivity index (χ1v) is 13.3. The van der Waals surface area contributed by atoms with E-state index in [1.165, 1.54) is 4.90 Å². The molecule has 0 spiro atoms. The number of carboxylic acids is 1. The molecule has 35 heavy (non-hydrogen) atoms. The molecule has 1 aliphatic heterocycles. The van der Waals surface area contributed by atoms with E-state index in [1.807, 2.05) is 29.6 Å². The summed E-state index contributed by atoms with van der Waals surface area (Å²) in [5, 5.41) is 13.3. The van der Waals surface area contributed by atoms with E-state index in [1.54, 1.807) is 29.5 Å². The van der Waals surface area contributed by atoms with Crippen LogP contribution in [0.2, 0.25) is 10.0 Å². The molecule has 1 amide bonds. The number of nitrogens with zero attached hydrogens (tertiary/aromatic N) is 3. The Labute approximate surface area is 219 Å². The number of carbonyl (C=O) groups is 2. The van der Waals surface area contributed by atoms with Crippen molar-refractivity contribution in [2.45, 2.75) is 45.2 Å². The van der Waals surface area contributed by atoms with Gasteiger partial charge in [0.15, 0.2) is 5.13 Å². The smallest absolute Gasteiger partial charge is 0.326 e. The van der Waals surface area contributed by atoms with Crippen LogP contribution in [0.15, 0.2) is 47.8 Å². The molecule has 3 aromatic rings. The van der Waals surface area contributed by atoms with Crippen molar-refractivity contribution in [2.24, 2.45) is 0 Å². The fraction of sp³-hybridized carbons (Fsp3) is 0.346. The maximum Gasteiger partial charge on any atom is 0.326 e. The number of amides is 1. The molecule has 1 atom stereocenters. The van der Waals surface area contributed by atoms with Gasteiger partial charge in [0.25, 0.3) is 5.91 Å². The quantitative estimate of drug-likeness (QED) is 0.336. The molecule has 0 bridgehead atoms. The fourth-order valence-corrected chi connectivity index (χ4v) is 5.35. The SMILES string of the molecule is CCCCN(Cc1ccc(C(=O)N2CCCC2C(=O)O)cc1)c1nc(-c2ccc(Cl)c(Cl)c2)cs1. The third-order valence-electron chi connectivity index (χ3n) is 6.13. The zero-order chi connectivity index (χ0) is 24.9. The van der Waals surface area contributed by atoms with Crippen LogP contribution in [0, 0.1) is 0 Å². The first kappa shape index (κ1) is 25.5. The Balaban J connectivity index is 1.49. The standard InChI is InChI=1S/C26H27Cl2N3O3S/c1-2-3-12-30(26-29-22(16-35-26)19-10-11-20(27)21(28)14-19)15-17-6-8-18(9-7-17)24(32)31-13-4-5-23(31)25(33)34/h6-11,14,16,23H,2-5,12-13,15H2,1H3,(H,33,34). The van der Waals surface area contributed by atoms with E-state index >= 15 is 0 Å². The molecule has 4 rings (SSSR count). The predicted octanol–water partition coefficient (Wildman–Crippen LogP) is 6.61. The Kier molecular flexibility index (Phi) is 8.31. The van der Waals surface area contributed by atoms with Gasteiger partial charge < -0.3 is 14.9 Å². The molecule has 1 unspecified atom stereocenters. The van der Waals surface area contributed by atoms with Crippen molar-refractivity contribution < 1.29 is 14.7 Å². The number of hydrogen-bond acceptors (Lipinski definition) is 5. The molecule has 0 aliphatic carbocycles. The molecule has 184 valence electrons. The van der Waals surface area contributed by atoms with Crippen molar-refractivity contribution in [1.82, 2.24) is 9.88 Å². The average Bonchev–Trinajstić information content (AvgIpc) is 3.54. The van der Waals surface area contributed by atoms with Crippen LogP contribution in [0.1, 0.15) is 48.5 Å². The summed E-state index contributed by atoms with van der Waals surface area (Å²) in [7, 11) is 0. The second-order valence-electron chi connectivity index (χ2n) is 8.61. The molecule has 6 nitrogen and oxygen atoms in total. The van der Waals surface area contributed by atoms with Gasteiger partial charge in [0.1, 0.15) is 6.04 Å². The van der Waals surface area contributed by atoms with Crippen molar-refractivity contribution in [3.05, 3.63) is 69.0 Å². The van der Waals surface area contributed by atoms with E-state index in [4.69, 9.17) is 28.2 Å². The lowest BCUT2D eigenvalue weighted by molar-refractivity contribution is -0.141. The van der Waals surface area contributed by atoms with Gasteiger partial charge in [-0.05, 0) is 49.1 Å². The van der Waals surface area contributed by atoms with E-state index in [-0.39, 0.29) is 5.91 Å². The summed E-state index contributed by atoms with van der Waals surface area (Å²) >= 11 is 13.8. The summed E-state index contributed by atoms with van der Waals surface area (Å²) in [5.41, 5.74) is 3.34. The van der Waals surface area contributed by atoms with Gasteiger partial charge in [-0.3, -0.25) is 4.79 Å². The maximum absolute atomic E-state index is 12.9. The summed E-state index contributed by atoms with van der Waals surface area (Å²) < 4.78 is 0. The Morgan fingerprint density at radius 1 is 1.17 bits per heavy atom. The van der Waals surface area contributed by atoms with Gasteiger partial charge in [0.05, 0.1) is 15.7 Å².